The lowest BCUT2D eigenvalue weighted by molar-refractivity contribution is -0.114. The van der Waals surface area contributed by atoms with E-state index >= 15 is 0 Å². The van der Waals surface area contributed by atoms with Crippen molar-refractivity contribution in [2.75, 3.05) is 5.32 Å². The van der Waals surface area contributed by atoms with Crippen LogP contribution in [0.25, 0.3) is 11.3 Å². The Balaban J connectivity index is 1.64. The molecule has 3 heterocycles. The van der Waals surface area contributed by atoms with Gasteiger partial charge in [0.15, 0.2) is 0 Å². The summed E-state index contributed by atoms with van der Waals surface area (Å²) in [5.41, 5.74) is 2.51. The van der Waals surface area contributed by atoms with Crippen LogP contribution in [0.5, 0.6) is 5.75 Å². The first kappa shape index (κ1) is 17.5. The molecule has 2 bridgehead atoms. The predicted octanol–water partition coefficient (Wildman–Crippen LogP) is 3.24. The summed E-state index contributed by atoms with van der Waals surface area (Å²) in [5, 5.41) is 15.8. The molecule has 2 aliphatic rings. The van der Waals surface area contributed by atoms with E-state index in [0.717, 1.165) is 18.4 Å². The number of rotatable bonds is 4. The van der Waals surface area contributed by atoms with Crippen LogP contribution in [0.3, 0.4) is 0 Å². The molecule has 6 nitrogen and oxygen atoms in total. The fourth-order valence-electron chi connectivity index (χ4n) is 4.09. The number of piperidine rings is 1. The van der Waals surface area contributed by atoms with E-state index in [-0.39, 0.29) is 12.0 Å². The van der Waals surface area contributed by atoms with Crippen LogP contribution in [0.4, 0.5) is 5.69 Å². The molecule has 2 saturated heterocycles. The Hall–Kier alpha value is -2.91. The van der Waals surface area contributed by atoms with Gasteiger partial charge in [-0.05, 0) is 56.0 Å². The van der Waals surface area contributed by atoms with Gasteiger partial charge in [0.2, 0.25) is 5.91 Å². The average Bonchev–Trinajstić information content (AvgIpc) is 2.99. The number of amides is 1. The number of nitrogens with one attached hydrogen (secondary N) is 2. The second kappa shape index (κ2) is 7.37. The summed E-state index contributed by atoms with van der Waals surface area (Å²) in [6.07, 6.45) is 6.23. The zero-order valence-electron chi connectivity index (χ0n) is 15.2. The predicted molar refractivity (Wildman–Crippen MR) is 102 cm³/mol. The molecular formula is C21H22N4O2. The zero-order valence-corrected chi connectivity index (χ0v) is 15.2. The third-order valence-electron chi connectivity index (χ3n) is 5.16. The number of hydrogen-bond acceptors (Lipinski definition) is 5. The highest BCUT2D eigenvalue weighted by molar-refractivity contribution is 5.93. The van der Waals surface area contributed by atoms with Crippen LogP contribution in [0.2, 0.25) is 0 Å². The maximum Gasteiger partial charge on any atom is 0.221 e. The van der Waals surface area contributed by atoms with E-state index < -0.39 is 0 Å². The highest BCUT2D eigenvalue weighted by atomic mass is 16.5. The van der Waals surface area contributed by atoms with Gasteiger partial charge < -0.3 is 15.4 Å². The second-order valence-corrected chi connectivity index (χ2v) is 7.29. The van der Waals surface area contributed by atoms with Gasteiger partial charge in [-0.1, -0.05) is 0 Å². The molecule has 0 saturated carbocycles. The van der Waals surface area contributed by atoms with Crippen molar-refractivity contribution in [3.8, 4) is 23.1 Å². The number of ether oxygens (including phenoxy) is 1. The molecule has 0 spiro atoms. The summed E-state index contributed by atoms with van der Waals surface area (Å²) in [4.78, 5) is 15.9. The summed E-state index contributed by atoms with van der Waals surface area (Å²) in [5.74, 6) is 0.511. The first-order valence-corrected chi connectivity index (χ1v) is 9.31. The van der Waals surface area contributed by atoms with Gasteiger partial charge in [-0.15, -0.1) is 0 Å². The molecule has 1 amide bonds. The van der Waals surface area contributed by atoms with Crippen molar-refractivity contribution in [2.45, 2.75) is 50.8 Å². The molecule has 2 fully saturated rings. The molecular weight excluding hydrogens is 340 g/mol. The van der Waals surface area contributed by atoms with Crippen LogP contribution >= 0.6 is 0 Å². The summed E-state index contributed by atoms with van der Waals surface area (Å²) in [6.45, 7) is 1.46. The Morgan fingerprint density at radius 3 is 2.78 bits per heavy atom. The monoisotopic (exact) mass is 362 g/mol. The molecule has 0 radical (unpaired) electrons. The number of pyridine rings is 1. The number of carbonyl (C=O) groups excluding carboxylic acids is 1. The van der Waals surface area contributed by atoms with E-state index in [4.69, 9.17) is 4.74 Å². The molecule has 27 heavy (non-hydrogen) atoms. The topological polar surface area (TPSA) is 87.0 Å². The Labute approximate surface area is 158 Å². The summed E-state index contributed by atoms with van der Waals surface area (Å²) >= 11 is 0. The number of anilines is 1. The number of fused-ring (bicyclic) bond motifs is 2. The Bertz CT molecular complexity index is 893. The van der Waals surface area contributed by atoms with E-state index in [1.54, 1.807) is 30.5 Å². The number of carbonyl (C=O) groups is 1. The number of nitrogens with zero attached hydrogens (tertiary/aromatic N) is 2. The molecule has 1 aromatic carbocycles. The van der Waals surface area contributed by atoms with Crippen LogP contribution < -0.4 is 15.4 Å². The number of nitriles is 1. The maximum absolute atomic E-state index is 11.5. The van der Waals surface area contributed by atoms with Crippen LogP contribution in [-0.4, -0.2) is 29.1 Å². The quantitative estimate of drug-likeness (QED) is 0.872. The molecule has 138 valence electrons. The van der Waals surface area contributed by atoms with E-state index in [1.165, 1.54) is 19.8 Å². The van der Waals surface area contributed by atoms with Crippen molar-refractivity contribution in [1.29, 1.82) is 5.26 Å². The zero-order chi connectivity index (χ0) is 18.8. The van der Waals surface area contributed by atoms with E-state index in [2.05, 4.69) is 21.7 Å². The number of benzene rings is 1. The van der Waals surface area contributed by atoms with Crippen LogP contribution in [-0.2, 0) is 4.79 Å². The molecule has 0 unspecified atom stereocenters. The lowest BCUT2D eigenvalue weighted by Gasteiger charge is -2.29. The Morgan fingerprint density at radius 2 is 2.07 bits per heavy atom. The number of aromatic nitrogens is 1. The minimum Gasteiger partial charge on any atom is -0.490 e. The largest absolute Gasteiger partial charge is 0.490 e. The summed E-state index contributed by atoms with van der Waals surface area (Å²) in [6, 6.07) is 12.3. The fourth-order valence-corrected chi connectivity index (χ4v) is 4.09. The van der Waals surface area contributed by atoms with Gasteiger partial charge in [-0.25, -0.2) is 0 Å². The first-order chi connectivity index (χ1) is 13.1. The molecule has 2 aromatic rings. The van der Waals surface area contributed by atoms with Gasteiger partial charge in [0, 0.05) is 30.8 Å². The van der Waals surface area contributed by atoms with Gasteiger partial charge in [-0.2, -0.15) is 5.26 Å². The first-order valence-electron chi connectivity index (χ1n) is 9.31. The molecule has 1 aromatic heterocycles. The van der Waals surface area contributed by atoms with Crippen LogP contribution in [0.15, 0.2) is 36.5 Å². The van der Waals surface area contributed by atoms with Gasteiger partial charge in [-0.3, -0.25) is 9.78 Å². The fraction of sp³-hybridized carbons (Fsp3) is 0.381. The third kappa shape index (κ3) is 3.93. The maximum atomic E-state index is 11.5. The molecule has 4 rings (SSSR count). The number of hydrogen-bond donors (Lipinski definition) is 2. The van der Waals surface area contributed by atoms with Gasteiger partial charge in [0.25, 0.3) is 0 Å². The van der Waals surface area contributed by atoms with E-state index in [0.29, 0.717) is 34.8 Å². The summed E-state index contributed by atoms with van der Waals surface area (Å²) < 4.78 is 6.26. The molecule has 0 aliphatic carbocycles. The van der Waals surface area contributed by atoms with Crippen molar-refractivity contribution in [2.24, 2.45) is 0 Å². The van der Waals surface area contributed by atoms with E-state index in [1.807, 2.05) is 6.07 Å². The molecule has 6 heteroatoms. The van der Waals surface area contributed by atoms with Gasteiger partial charge >= 0.3 is 0 Å². The normalized spacial score (nSPS) is 23.5. The standard InChI is InChI=1S/C21H22N4O2/c1-13(26)24-20-3-2-6-23-21(20)15-7-14(12-22)8-18(9-15)27-19-10-16-4-5-17(11-19)25-16/h2-3,6-9,16-17,19,25H,4-5,10-11H2,1H3,(H,24,26)/t16-,17+,19-. The third-order valence-corrected chi connectivity index (χ3v) is 5.16. The Morgan fingerprint density at radius 1 is 1.30 bits per heavy atom. The lowest BCUT2D eigenvalue weighted by atomic mass is 10.0. The Kier molecular flexibility index (Phi) is 4.78. The SMILES string of the molecule is CC(=O)Nc1cccnc1-c1cc(C#N)cc(O[C@@H]2C[C@H]3CC[C@@H](C2)N3)c1. The summed E-state index contributed by atoms with van der Waals surface area (Å²) in [7, 11) is 0. The van der Waals surface area contributed by atoms with E-state index in [9.17, 15) is 10.1 Å². The van der Waals surface area contributed by atoms with Gasteiger partial charge in [0.05, 0.1) is 23.0 Å². The van der Waals surface area contributed by atoms with Crippen molar-refractivity contribution in [3.63, 3.8) is 0 Å². The van der Waals surface area contributed by atoms with Gasteiger partial charge in [0.1, 0.15) is 11.9 Å². The van der Waals surface area contributed by atoms with Crippen molar-refractivity contribution >= 4 is 11.6 Å². The van der Waals surface area contributed by atoms with Crippen LogP contribution in [0, 0.1) is 11.3 Å². The highest BCUT2D eigenvalue weighted by Gasteiger charge is 2.34. The average molecular weight is 362 g/mol. The molecule has 3 atom stereocenters. The van der Waals surface area contributed by atoms with Crippen molar-refractivity contribution < 1.29 is 9.53 Å². The van der Waals surface area contributed by atoms with Crippen LogP contribution in [0.1, 0.15) is 38.2 Å². The second-order valence-electron chi connectivity index (χ2n) is 7.29. The smallest absolute Gasteiger partial charge is 0.221 e. The lowest BCUT2D eigenvalue weighted by Crippen LogP contribution is -2.42. The van der Waals surface area contributed by atoms with Crippen molar-refractivity contribution in [3.05, 3.63) is 42.1 Å². The minimum absolute atomic E-state index is 0.157. The molecule has 2 N–H and O–H groups in total. The molecule has 2 aliphatic heterocycles. The highest BCUT2D eigenvalue weighted by Crippen LogP contribution is 2.33. The van der Waals surface area contributed by atoms with Crippen molar-refractivity contribution in [1.82, 2.24) is 10.3 Å². The minimum atomic E-state index is -0.164.